The van der Waals surface area contributed by atoms with E-state index in [2.05, 4.69) is 25.1 Å². The average Bonchev–Trinajstić information content (AvgIpc) is 3.21. The van der Waals surface area contributed by atoms with Crippen LogP contribution in [-0.2, 0) is 6.54 Å². The molecule has 0 unspecified atom stereocenters. The van der Waals surface area contributed by atoms with Gasteiger partial charge in [0, 0.05) is 6.20 Å². The van der Waals surface area contributed by atoms with Crippen LogP contribution in [-0.4, -0.2) is 39.9 Å². The first-order valence-electron chi connectivity index (χ1n) is 7.24. The molecule has 0 radical (unpaired) electrons. The second-order valence-electron chi connectivity index (χ2n) is 5.14. The maximum Gasteiger partial charge on any atom is 0.197 e. The molecule has 10 nitrogen and oxygen atoms in total. The largest absolute Gasteiger partial charge is 0.425 e. The Morgan fingerprint density at radius 2 is 2.08 bits per heavy atom. The molecule has 4 heterocycles. The van der Waals surface area contributed by atoms with Gasteiger partial charge in [-0.05, 0) is 24.3 Å². The third-order valence-corrected chi connectivity index (χ3v) is 3.57. The molecular weight excluding hydrogens is 322 g/mol. The summed E-state index contributed by atoms with van der Waals surface area (Å²) in [5.74, 6) is 0.506. The fourth-order valence-electron chi connectivity index (χ4n) is 2.42. The van der Waals surface area contributed by atoms with Gasteiger partial charge in [0.15, 0.2) is 11.5 Å². The van der Waals surface area contributed by atoms with Gasteiger partial charge in [-0.15, -0.1) is 4.73 Å². The van der Waals surface area contributed by atoms with Gasteiger partial charge in [0.2, 0.25) is 0 Å². The summed E-state index contributed by atoms with van der Waals surface area (Å²) >= 11 is 0. The highest BCUT2D eigenvalue weighted by Gasteiger charge is 2.17. The van der Waals surface area contributed by atoms with Crippen molar-refractivity contribution in [3.8, 4) is 28.8 Å². The van der Waals surface area contributed by atoms with Crippen LogP contribution in [0.3, 0.4) is 0 Å². The Morgan fingerprint density at radius 3 is 2.88 bits per heavy atom. The summed E-state index contributed by atoms with van der Waals surface area (Å²) < 4.78 is 0.867. The third kappa shape index (κ3) is 2.40. The van der Waals surface area contributed by atoms with Gasteiger partial charge in [-0.3, -0.25) is 0 Å². The van der Waals surface area contributed by atoms with E-state index in [4.69, 9.17) is 11.0 Å². The Kier molecular flexibility index (Phi) is 3.25. The topological polar surface area (TPSA) is 144 Å². The van der Waals surface area contributed by atoms with Gasteiger partial charge in [-0.1, -0.05) is 0 Å². The zero-order chi connectivity index (χ0) is 17.4. The molecule has 122 valence electrons. The van der Waals surface area contributed by atoms with Crippen molar-refractivity contribution < 1.29 is 5.21 Å². The molecule has 0 fully saturated rings. The highest BCUT2D eigenvalue weighted by Crippen LogP contribution is 2.27. The van der Waals surface area contributed by atoms with E-state index in [-0.39, 0.29) is 23.8 Å². The number of nitrogens with zero attached hydrogens (tertiary/aromatic N) is 8. The second kappa shape index (κ2) is 5.57. The fourth-order valence-corrected chi connectivity index (χ4v) is 2.42. The lowest BCUT2D eigenvalue weighted by molar-refractivity contribution is 0.201. The summed E-state index contributed by atoms with van der Waals surface area (Å²) in [5, 5.41) is 27.3. The lowest BCUT2D eigenvalue weighted by Crippen LogP contribution is -2.01. The maximum absolute atomic E-state index is 10.5. The van der Waals surface area contributed by atoms with Crippen molar-refractivity contribution in [2.75, 3.05) is 5.73 Å². The number of aromatic nitrogens is 7. The SMILES string of the molecule is N#CCn1ncc(-c2ccc3nc(-c4cccnc4N)n(O)c3n2)n1. The van der Waals surface area contributed by atoms with Crippen LogP contribution in [0.2, 0.25) is 0 Å². The number of nitrogens with two attached hydrogens (primary N) is 1. The lowest BCUT2D eigenvalue weighted by Gasteiger charge is -2.02. The molecule has 0 bridgehead atoms. The van der Waals surface area contributed by atoms with Crippen molar-refractivity contribution in [3.05, 3.63) is 36.7 Å². The molecular formula is C15H11N9O. The molecule has 0 amide bonds. The van der Waals surface area contributed by atoms with E-state index in [9.17, 15) is 5.21 Å². The van der Waals surface area contributed by atoms with Gasteiger partial charge in [-0.2, -0.15) is 20.3 Å². The highest BCUT2D eigenvalue weighted by atomic mass is 16.5. The van der Waals surface area contributed by atoms with Gasteiger partial charge in [0.25, 0.3) is 0 Å². The van der Waals surface area contributed by atoms with Gasteiger partial charge in [0.05, 0.1) is 23.5 Å². The number of pyridine rings is 2. The van der Waals surface area contributed by atoms with Crippen molar-refractivity contribution in [1.29, 1.82) is 5.26 Å². The molecule has 0 aliphatic heterocycles. The summed E-state index contributed by atoms with van der Waals surface area (Å²) in [6, 6.07) is 8.81. The van der Waals surface area contributed by atoms with E-state index in [0.717, 1.165) is 4.73 Å². The van der Waals surface area contributed by atoms with Crippen molar-refractivity contribution in [3.63, 3.8) is 0 Å². The normalized spacial score (nSPS) is 10.8. The Hall–Kier alpha value is -4.00. The smallest absolute Gasteiger partial charge is 0.197 e. The molecule has 0 spiro atoms. The van der Waals surface area contributed by atoms with E-state index in [1.165, 1.54) is 11.0 Å². The summed E-state index contributed by atoms with van der Waals surface area (Å²) in [4.78, 5) is 14.0. The Morgan fingerprint density at radius 1 is 1.20 bits per heavy atom. The number of anilines is 1. The van der Waals surface area contributed by atoms with Crippen LogP contribution in [0.4, 0.5) is 5.82 Å². The molecule has 0 atom stereocenters. The monoisotopic (exact) mass is 333 g/mol. The number of hydrogen-bond acceptors (Lipinski definition) is 8. The zero-order valence-corrected chi connectivity index (χ0v) is 12.8. The molecule has 0 aromatic carbocycles. The highest BCUT2D eigenvalue weighted by molar-refractivity contribution is 5.81. The molecule has 0 aliphatic carbocycles. The van der Waals surface area contributed by atoms with Crippen LogP contribution >= 0.6 is 0 Å². The number of nitriles is 1. The fraction of sp³-hybridized carbons (Fsp3) is 0.0667. The van der Waals surface area contributed by atoms with Crippen molar-refractivity contribution in [1.82, 2.24) is 34.7 Å². The number of fused-ring (bicyclic) bond motifs is 1. The second-order valence-corrected chi connectivity index (χ2v) is 5.14. The Bertz CT molecular complexity index is 1120. The van der Waals surface area contributed by atoms with E-state index in [1.54, 1.807) is 30.5 Å². The molecule has 25 heavy (non-hydrogen) atoms. The Balaban J connectivity index is 1.82. The summed E-state index contributed by atoms with van der Waals surface area (Å²) in [5.41, 5.74) is 8.09. The van der Waals surface area contributed by atoms with Crippen molar-refractivity contribution in [2.24, 2.45) is 0 Å². The van der Waals surface area contributed by atoms with Crippen molar-refractivity contribution >= 4 is 17.0 Å². The van der Waals surface area contributed by atoms with Crippen LogP contribution in [0.1, 0.15) is 0 Å². The van der Waals surface area contributed by atoms with Crippen LogP contribution in [0.15, 0.2) is 36.7 Å². The molecule has 10 heteroatoms. The standard InChI is InChI=1S/C15H11N9O/c16-5-7-23-19-8-12(22-23)10-3-4-11-15(20-10)24(25)14(21-11)9-2-1-6-18-13(9)17/h1-4,6,8,25H,7H2,(H2,17,18). The quantitative estimate of drug-likeness (QED) is 0.530. The molecule has 4 aromatic rings. The molecule has 4 rings (SSSR count). The van der Waals surface area contributed by atoms with Gasteiger partial charge in [-0.25, -0.2) is 15.0 Å². The predicted molar refractivity (Wildman–Crippen MR) is 87.0 cm³/mol. The molecule has 0 aliphatic rings. The summed E-state index contributed by atoms with van der Waals surface area (Å²) in [7, 11) is 0. The first-order chi connectivity index (χ1) is 12.2. The molecule has 4 aromatic heterocycles. The molecule has 0 saturated carbocycles. The lowest BCUT2D eigenvalue weighted by atomic mass is 10.2. The number of nitrogen functional groups attached to an aromatic ring is 1. The first kappa shape index (κ1) is 14.6. The third-order valence-electron chi connectivity index (χ3n) is 3.57. The average molecular weight is 333 g/mol. The van der Waals surface area contributed by atoms with Crippen LogP contribution < -0.4 is 5.73 Å². The number of hydrogen-bond donors (Lipinski definition) is 2. The minimum atomic E-state index is 0.0462. The minimum Gasteiger partial charge on any atom is -0.425 e. The summed E-state index contributed by atoms with van der Waals surface area (Å²) in [6.45, 7) is 0.0462. The summed E-state index contributed by atoms with van der Waals surface area (Å²) in [6.07, 6.45) is 3.06. The van der Waals surface area contributed by atoms with E-state index in [0.29, 0.717) is 22.5 Å². The molecule has 3 N–H and O–H groups in total. The first-order valence-corrected chi connectivity index (χ1v) is 7.24. The van der Waals surface area contributed by atoms with Crippen LogP contribution in [0, 0.1) is 11.3 Å². The van der Waals surface area contributed by atoms with E-state index < -0.39 is 0 Å². The van der Waals surface area contributed by atoms with E-state index in [1.807, 2.05) is 6.07 Å². The zero-order valence-electron chi connectivity index (χ0n) is 12.8. The minimum absolute atomic E-state index is 0.0462. The van der Waals surface area contributed by atoms with Gasteiger partial charge >= 0.3 is 0 Å². The molecule has 0 saturated heterocycles. The van der Waals surface area contributed by atoms with Gasteiger partial charge < -0.3 is 10.9 Å². The van der Waals surface area contributed by atoms with Crippen molar-refractivity contribution in [2.45, 2.75) is 6.54 Å². The van der Waals surface area contributed by atoms with Crippen LogP contribution in [0.25, 0.3) is 33.9 Å². The van der Waals surface area contributed by atoms with Gasteiger partial charge in [0.1, 0.15) is 23.6 Å². The maximum atomic E-state index is 10.5. The van der Waals surface area contributed by atoms with Crippen LogP contribution in [0.5, 0.6) is 0 Å². The van der Waals surface area contributed by atoms with E-state index >= 15 is 0 Å². The number of imidazole rings is 1. The Labute approximate surface area is 140 Å². The number of rotatable bonds is 3. The predicted octanol–water partition coefficient (Wildman–Crippen LogP) is 1.09.